The first-order valence-corrected chi connectivity index (χ1v) is 12.3. The lowest BCUT2D eigenvalue weighted by atomic mass is 10.00. The summed E-state index contributed by atoms with van der Waals surface area (Å²) >= 11 is 0. The fraction of sp³-hybridized carbons (Fsp3) is 0.346. The van der Waals surface area contributed by atoms with E-state index in [0.717, 1.165) is 36.1 Å². The molecule has 0 aliphatic carbocycles. The Bertz CT molecular complexity index is 1700. The van der Waals surface area contributed by atoms with Crippen LogP contribution in [0.4, 0.5) is 36.4 Å². The van der Waals surface area contributed by atoms with E-state index >= 15 is 0 Å². The number of hydrogen-bond acceptors (Lipinski definition) is 7. The molecule has 0 fully saturated rings. The van der Waals surface area contributed by atoms with E-state index in [9.17, 15) is 45.4 Å². The van der Waals surface area contributed by atoms with Gasteiger partial charge in [0.15, 0.2) is 11.4 Å². The van der Waals surface area contributed by atoms with Crippen LogP contribution in [0.3, 0.4) is 0 Å². The van der Waals surface area contributed by atoms with E-state index in [1.54, 1.807) is 5.10 Å². The number of nitrogens with one attached hydrogen (secondary N) is 2. The molecule has 4 rings (SSSR count). The van der Waals surface area contributed by atoms with Crippen molar-refractivity contribution in [3.63, 3.8) is 0 Å². The first-order chi connectivity index (χ1) is 19.6. The minimum atomic E-state index is -4.98. The highest BCUT2D eigenvalue weighted by Crippen LogP contribution is 2.32. The highest BCUT2D eigenvalue weighted by atomic mass is 19.4. The van der Waals surface area contributed by atoms with Crippen LogP contribution in [0.1, 0.15) is 31.4 Å². The summed E-state index contributed by atoms with van der Waals surface area (Å²) in [6.45, 7) is 1.76. The number of aromatic amines is 1. The number of alkyl halides is 6. The highest BCUT2D eigenvalue weighted by molar-refractivity contribution is 5.86. The van der Waals surface area contributed by atoms with Gasteiger partial charge in [0.1, 0.15) is 17.6 Å². The molecule has 0 spiro atoms. The van der Waals surface area contributed by atoms with Crippen molar-refractivity contribution < 1.29 is 35.8 Å². The molecule has 3 N–H and O–H groups in total. The van der Waals surface area contributed by atoms with Crippen molar-refractivity contribution in [3.8, 4) is 11.4 Å². The van der Waals surface area contributed by atoms with Crippen LogP contribution in [-0.4, -0.2) is 48.5 Å². The molecule has 0 radical (unpaired) electrons. The molecular formula is C26H23F7N6O3. The quantitative estimate of drug-likeness (QED) is 0.243. The van der Waals surface area contributed by atoms with Crippen LogP contribution in [0.25, 0.3) is 22.2 Å². The Labute approximate surface area is 232 Å². The number of rotatable bonds is 9. The van der Waals surface area contributed by atoms with E-state index in [-0.39, 0.29) is 34.1 Å². The third-order valence-electron chi connectivity index (χ3n) is 6.51. The Hall–Kier alpha value is -4.34. The summed E-state index contributed by atoms with van der Waals surface area (Å²) in [6, 6.07) is 2.65. The molecule has 9 nitrogen and oxygen atoms in total. The molecule has 0 aliphatic heterocycles. The van der Waals surface area contributed by atoms with Gasteiger partial charge < -0.3 is 15.0 Å². The van der Waals surface area contributed by atoms with Crippen LogP contribution in [-0.2, 0) is 18.3 Å². The van der Waals surface area contributed by atoms with Crippen LogP contribution in [0.5, 0.6) is 0 Å². The zero-order valence-corrected chi connectivity index (χ0v) is 21.9. The summed E-state index contributed by atoms with van der Waals surface area (Å²) in [6.07, 6.45) is -6.30. The normalized spacial score (nSPS) is 15.0. The van der Waals surface area contributed by atoms with Gasteiger partial charge in [0.05, 0.1) is 29.4 Å². The van der Waals surface area contributed by atoms with Crippen LogP contribution in [0.2, 0.25) is 0 Å². The molecule has 0 amide bonds. The van der Waals surface area contributed by atoms with Gasteiger partial charge in [0.2, 0.25) is 0 Å². The van der Waals surface area contributed by atoms with E-state index in [1.165, 1.54) is 25.3 Å². The second-order valence-corrected chi connectivity index (χ2v) is 9.80. The molecule has 0 unspecified atom stereocenters. The standard InChI is InChI=1S/C26H23F7N6O3/c1-12(37-19-10-36-38-22(40)20(19)26(31,32)33)5-15(27)11-39-4-3-13-6-17(18(28)7-16(13)23(39)41)21-34-8-14(9-35-21)25(2,42)24(29)30/h3-4,6-10,12,15,24,42H,5,11H2,1-2H3,(H2,37,38,40)/t12-,15-,25+/m0/s1. The van der Waals surface area contributed by atoms with E-state index < -0.39 is 65.1 Å². The van der Waals surface area contributed by atoms with Gasteiger partial charge in [-0.25, -0.2) is 32.6 Å². The van der Waals surface area contributed by atoms with Gasteiger partial charge in [-0.05, 0) is 37.4 Å². The van der Waals surface area contributed by atoms with E-state index in [0.29, 0.717) is 0 Å². The van der Waals surface area contributed by atoms with Gasteiger partial charge in [-0.15, -0.1) is 0 Å². The Morgan fingerprint density at radius 1 is 1.10 bits per heavy atom. The predicted molar refractivity (Wildman–Crippen MR) is 137 cm³/mol. The van der Waals surface area contributed by atoms with Crippen molar-refractivity contribution in [3.05, 3.63) is 80.6 Å². The lowest BCUT2D eigenvalue weighted by Gasteiger charge is -2.21. The summed E-state index contributed by atoms with van der Waals surface area (Å²) in [4.78, 5) is 32.3. The van der Waals surface area contributed by atoms with E-state index in [4.69, 9.17) is 0 Å². The fourth-order valence-corrected chi connectivity index (χ4v) is 4.26. The number of pyridine rings is 1. The van der Waals surface area contributed by atoms with Crippen molar-refractivity contribution in [1.82, 2.24) is 24.7 Å². The summed E-state index contributed by atoms with van der Waals surface area (Å²) < 4.78 is 96.7. The summed E-state index contributed by atoms with van der Waals surface area (Å²) in [7, 11) is 0. The van der Waals surface area contributed by atoms with Gasteiger partial charge in [0, 0.05) is 36.6 Å². The van der Waals surface area contributed by atoms with Crippen LogP contribution in [0.15, 0.2) is 52.6 Å². The van der Waals surface area contributed by atoms with Crippen molar-refractivity contribution in [1.29, 1.82) is 0 Å². The number of anilines is 1. The Morgan fingerprint density at radius 3 is 2.38 bits per heavy atom. The van der Waals surface area contributed by atoms with Crippen molar-refractivity contribution in [2.24, 2.45) is 0 Å². The van der Waals surface area contributed by atoms with Gasteiger partial charge in [-0.1, -0.05) is 0 Å². The number of H-pyrrole nitrogens is 1. The van der Waals surface area contributed by atoms with E-state index in [2.05, 4.69) is 20.4 Å². The van der Waals surface area contributed by atoms with Gasteiger partial charge in [-0.3, -0.25) is 9.59 Å². The minimum absolute atomic E-state index is 0.112. The number of hydrogen-bond donors (Lipinski definition) is 3. The fourth-order valence-electron chi connectivity index (χ4n) is 4.26. The van der Waals surface area contributed by atoms with Crippen molar-refractivity contribution >= 4 is 16.5 Å². The predicted octanol–water partition coefficient (Wildman–Crippen LogP) is 4.40. The molecule has 224 valence electrons. The largest absolute Gasteiger partial charge is 0.423 e. The number of benzene rings is 1. The maximum atomic E-state index is 15.0. The maximum Gasteiger partial charge on any atom is 0.423 e. The highest BCUT2D eigenvalue weighted by Gasteiger charge is 2.38. The third kappa shape index (κ3) is 6.27. The number of aromatic nitrogens is 5. The summed E-state index contributed by atoms with van der Waals surface area (Å²) in [5.74, 6) is -1.12. The number of fused-ring (bicyclic) bond motifs is 1. The van der Waals surface area contributed by atoms with Crippen LogP contribution >= 0.6 is 0 Å². The van der Waals surface area contributed by atoms with Gasteiger partial charge in [-0.2, -0.15) is 18.3 Å². The molecule has 0 aliphatic rings. The first-order valence-electron chi connectivity index (χ1n) is 12.3. The monoisotopic (exact) mass is 600 g/mol. The topological polar surface area (TPSA) is 126 Å². The van der Waals surface area contributed by atoms with Gasteiger partial charge in [0.25, 0.3) is 17.5 Å². The molecule has 0 saturated heterocycles. The molecule has 3 heterocycles. The molecule has 1 aromatic carbocycles. The average molecular weight is 600 g/mol. The lowest BCUT2D eigenvalue weighted by Crippen LogP contribution is -2.30. The molecule has 16 heteroatoms. The zero-order valence-electron chi connectivity index (χ0n) is 21.9. The average Bonchev–Trinajstić information content (AvgIpc) is 2.89. The maximum absolute atomic E-state index is 15.0. The summed E-state index contributed by atoms with van der Waals surface area (Å²) in [5, 5.41) is 17.5. The molecule has 42 heavy (non-hydrogen) atoms. The SMILES string of the molecule is C[C@@H](C[C@H](F)Cn1ccc2cc(-c3ncc([C@@](C)(O)C(F)F)cn3)c(F)cc2c1=O)Nc1cn[nH]c(=O)c1C(F)(F)F. The Morgan fingerprint density at radius 2 is 1.76 bits per heavy atom. The number of halogens is 7. The second kappa shape index (κ2) is 11.5. The van der Waals surface area contributed by atoms with Crippen molar-refractivity contribution in [2.45, 2.75) is 57.2 Å². The number of nitrogens with zero attached hydrogens (tertiary/aromatic N) is 4. The lowest BCUT2D eigenvalue weighted by molar-refractivity contribution is -0.138. The van der Waals surface area contributed by atoms with Crippen LogP contribution < -0.4 is 16.4 Å². The smallest absolute Gasteiger partial charge is 0.381 e. The molecule has 3 aromatic heterocycles. The summed E-state index contributed by atoms with van der Waals surface area (Å²) in [5.41, 5.74) is -7.30. The molecule has 0 bridgehead atoms. The molecule has 3 atom stereocenters. The zero-order chi connectivity index (χ0) is 31.0. The van der Waals surface area contributed by atoms with Crippen molar-refractivity contribution in [2.75, 3.05) is 5.32 Å². The van der Waals surface area contributed by atoms with Gasteiger partial charge >= 0.3 is 6.18 Å². The Kier molecular flexibility index (Phi) is 8.39. The first kappa shape index (κ1) is 30.6. The second-order valence-electron chi connectivity index (χ2n) is 9.80. The Balaban J connectivity index is 1.52. The minimum Gasteiger partial charge on any atom is -0.381 e. The third-order valence-corrected chi connectivity index (χ3v) is 6.51. The number of aliphatic hydroxyl groups is 1. The molecule has 4 aromatic rings. The molecular weight excluding hydrogens is 577 g/mol. The van der Waals surface area contributed by atoms with Crippen LogP contribution in [0, 0.1) is 5.82 Å². The molecule has 0 saturated carbocycles. The van der Waals surface area contributed by atoms with E-state index in [1.807, 2.05) is 0 Å².